The van der Waals surface area contributed by atoms with Crippen LogP contribution >= 0.6 is 23.2 Å². The minimum Gasteiger partial charge on any atom is -0.455 e. The Morgan fingerprint density at radius 1 is 1.17 bits per heavy atom. The highest BCUT2D eigenvalue weighted by Gasteiger charge is 2.07. The number of hydrogen-bond donors (Lipinski definition) is 1. The molecule has 2 aromatic heterocycles. The molecular weight excluding hydrogens is 349 g/mol. The number of amides is 1. The van der Waals surface area contributed by atoms with Gasteiger partial charge < -0.3 is 4.42 Å². The zero-order valence-electron chi connectivity index (χ0n) is 12.2. The molecule has 24 heavy (non-hydrogen) atoms. The summed E-state index contributed by atoms with van der Waals surface area (Å²) in [5.41, 5.74) is 3.58. The lowest BCUT2D eigenvalue weighted by atomic mass is 10.2. The van der Waals surface area contributed by atoms with Crippen molar-refractivity contribution in [2.75, 3.05) is 0 Å². The van der Waals surface area contributed by atoms with Gasteiger partial charge in [-0.05, 0) is 42.5 Å². The fourth-order valence-corrected chi connectivity index (χ4v) is 2.52. The molecule has 0 aliphatic carbocycles. The molecule has 3 rings (SSSR count). The SMILES string of the molecule is O=C(N/N=C\c1ccc(-c2cc(Cl)cc(Cl)c2)o1)c1cccnc1. The first kappa shape index (κ1) is 16.2. The minimum atomic E-state index is -0.354. The highest BCUT2D eigenvalue weighted by Crippen LogP contribution is 2.28. The van der Waals surface area contributed by atoms with Crippen molar-refractivity contribution >= 4 is 35.3 Å². The van der Waals surface area contributed by atoms with E-state index in [0.29, 0.717) is 27.1 Å². The summed E-state index contributed by atoms with van der Waals surface area (Å²) in [7, 11) is 0. The molecule has 0 bridgehead atoms. The predicted octanol–water partition coefficient (Wildman–Crippen LogP) is 4.41. The van der Waals surface area contributed by atoms with E-state index in [9.17, 15) is 4.79 Å². The molecule has 2 heterocycles. The summed E-state index contributed by atoms with van der Waals surface area (Å²) >= 11 is 12.0. The first-order valence-corrected chi connectivity index (χ1v) is 7.67. The van der Waals surface area contributed by atoms with Crippen molar-refractivity contribution in [2.24, 2.45) is 5.10 Å². The number of nitrogens with one attached hydrogen (secondary N) is 1. The molecule has 1 amide bonds. The Morgan fingerprint density at radius 3 is 2.67 bits per heavy atom. The van der Waals surface area contributed by atoms with Crippen LogP contribution in [0.1, 0.15) is 16.1 Å². The third-order valence-electron chi connectivity index (χ3n) is 3.06. The van der Waals surface area contributed by atoms with Crippen LogP contribution in [0.25, 0.3) is 11.3 Å². The maximum atomic E-state index is 11.8. The topological polar surface area (TPSA) is 67.5 Å². The van der Waals surface area contributed by atoms with Crippen molar-refractivity contribution < 1.29 is 9.21 Å². The van der Waals surface area contributed by atoms with Gasteiger partial charge >= 0.3 is 0 Å². The standard InChI is InChI=1S/C17H11Cl2N3O2/c18-13-6-12(7-14(19)8-13)16-4-3-15(24-16)10-21-22-17(23)11-2-1-5-20-9-11/h1-10H,(H,22,23)/b21-10-. The zero-order valence-corrected chi connectivity index (χ0v) is 13.8. The number of hydrazone groups is 1. The van der Waals surface area contributed by atoms with Crippen molar-refractivity contribution in [2.45, 2.75) is 0 Å². The quantitative estimate of drug-likeness (QED) is 0.554. The van der Waals surface area contributed by atoms with E-state index in [1.165, 1.54) is 12.4 Å². The van der Waals surface area contributed by atoms with Crippen molar-refractivity contribution in [3.63, 3.8) is 0 Å². The van der Waals surface area contributed by atoms with Crippen molar-refractivity contribution in [1.82, 2.24) is 10.4 Å². The van der Waals surface area contributed by atoms with Crippen LogP contribution in [0.4, 0.5) is 0 Å². The lowest BCUT2D eigenvalue weighted by Crippen LogP contribution is -2.17. The smallest absolute Gasteiger partial charge is 0.272 e. The second kappa shape index (κ2) is 7.29. The Balaban J connectivity index is 1.69. The first-order chi connectivity index (χ1) is 11.6. The van der Waals surface area contributed by atoms with Crippen molar-refractivity contribution in [3.05, 3.63) is 76.2 Å². The van der Waals surface area contributed by atoms with Gasteiger partial charge in [0.05, 0.1) is 11.8 Å². The Bertz CT molecular complexity index is 872. The van der Waals surface area contributed by atoms with Crippen LogP contribution in [-0.2, 0) is 0 Å². The average Bonchev–Trinajstić information content (AvgIpc) is 3.04. The molecule has 0 atom stereocenters. The lowest BCUT2D eigenvalue weighted by Gasteiger charge is -1.99. The summed E-state index contributed by atoms with van der Waals surface area (Å²) in [5, 5.41) is 4.90. The number of carbonyl (C=O) groups excluding carboxylic acids is 1. The summed E-state index contributed by atoms with van der Waals surface area (Å²) in [6, 6.07) is 12.0. The van der Waals surface area contributed by atoms with E-state index >= 15 is 0 Å². The van der Waals surface area contributed by atoms with Crippen molar-refractivity contribution in [3.8, 4) is 11.3 Å². The normalized spacial score (nSPS) is 10.9. The highest BCUT2D eigenvalue weighted by atomic mass is 35.5. The third kappa shape index (κ3) is 4.01. The maximum Gasteiger partial charge on any atom is 0.272 e. The number of hydrogen-bond acceptors (Lipinski definition) is 4. The molecule has 5 nitrogen and oxygen atoms in total. The molecule has 0 saturated heterocycles. The Kier molecular flexibility index (Phi) is 4.93. The molecule has 0 unspecified atom stereocenters. The molecule has 0 aliphatic rings. The zero-order chi connectivity index (χ0) is 16.9. The second-order valence-electron chi connectivity index (χ2n) is 4.80. The van der Waals surface area contributed by atoms with Crippen LogP contribution in [0, 0.1) is 0 Å². The summed E-state index contributed by atoms with van der Waals surface area (Å²) in [5.74, 6) is 0.722. The molecule has 0 saturated carbocycles. The minimum absolute atomic E-state index is 0.354. The Hall–Kier alpha value is -2.63. The van der Waals surface area contributed by atoms with Crippen molar-refractivity contribution in [1.29, 1.82) is 0 Å². The molecule has 1 aromatic carbocycles. The largest absolute Gasteiger partial charge is 0.455 e. The van der Waals surface area contributed by atoms with E-state index in [1.807, 2.05) is 0 Å². The lowest BCUT2D eigenvalue weighted by molar-refractivity contribution is 0.0955. The number of nitrogens with zero attached hydrogens (tertiary/aromatic N) is 2. The third-order valence-corrected chi connectivity index (χ3v) is 3.49. The number of carbonyl (C=O) groups is 1. The van der Waals surface area contributed by atoms with Crippen LogP contribution in [-0.4, -0.2) is 17.1 Å². The molecule has 0 spiro atoms. The average molecular weight is 360 g/mol. The van der Waals surface area contributed by atoms with Crippen LogP contribution in [0.3, 0.4) is 0 Å². The molecule has 120 valence electrons. The fourth-order valence-electron chi connectivity index (χ4n) is 1.99. The number of pyridine rings is 1. The molecule has 0 radical (unpaired) electrons. The van der Waals surface area contributed by atoms with Gasteiger partial charge in [0.15, 0.2) is 0 Å². The Labute approximate surface area is 147 Å². The van der Waals surface area contributed by atoms with E-state index in [0.717, 1.165) is 5.56 Å². The van der Waals surface area contributed by atoms with Gasteiger partial charge in [0.1, 0.15) is 11.5 Å². The predicted molar refractivity (Wildman–Crippen MR) is 93.5 cm³/mol. The number of halogens is 2. The highest BCUT2D eigenvalue weighted by molar-refractivity contribution is 6.35. The van der Waals surface area contributed by atoms with Gasteiger partial charge in [0, 0.05) is 28.0 Å². The number of furan rings is 1. The van der Waals surface area contributed by atoms with Gasteiger partial charge in [-0.1, -0.05) is 23.2 Å². The van der Waals surface area contributed by atoms with E-state index in [2.05, 4.69) is 15.5 Å². The van der Waals surface area contributed by atoms with Crippen LogP contribution < -0.4 is 5.43 Å². The van der Waals surface area contributed by atoms with E-state index in [-0.39, 0.29) is 5.91 Å². The van der Waals surface area contributed by atoms with Gasteiger partial charge in [-0.25, -0.2) is 5.43 Å². The molecule has 3 aromatic rings. The number of aromatic nitrogens is 1. The maximum absolute atomic E-state index is 11.8. The van der Waals surface area contributed by atoms with Gasteiger partial charge in [0.25, 0.3) is 5.91 Å². The van der Waals surface area contributed by atoms with Crippen LogP contribution in [0.2, 0.25) is 10.0 Å². The number of rotatable bonds is 4. The summed E-state index contributed by atoms with van der Waals surface area (Å²) in [6.45, 7) is 0. The molecular formula is C17H11Cl2N3O2. The summed E-state index contributed by atoms with van der Waals surface area (Å²) in [6.07, 6.45) is 4.45. The van der Waals surface area contributed by atoms with Gasteiger partial charge in [-0.3, -0.25) is 9.78 Å². The summed E-state index contributed by atoms with van der Waals surface area (Å²) < 4.78 is 5.64. The molecule has 0 aliphatic heterocycles. The van der Waals surface area contributed by atoms with Gasteiger partial charge in [0.2, 0.25) is 0 Å². The fraction of sp³-hybridized carbons (Fsp3) is 0. The molecule has 1 N–H and O–H groups in total. The van der Waals surface area contributed by atoms with E-state index in [4.69, 9.17) is 27.6 Å². The second-order valence-corrected chi connectivity index (χ2v) is 5.67. The molecule has 0 fully saturated rings. The Morgan fingerprint density at radius 2 is 1.96 bits per heavy atom. The summed E-state index contributed by atoms with van der Waals surface area (Å²) in [4.78, 5) is 15.7. The molecule has 7 heteroatoms. The van der Waals surface area contributed by atoms with Gasteiger partial charge in [-0.2, -0.15) is 5.10 Å². The van der Waals surface area contributed by atoms with E-state index in [1.54, 1.807) is 48.7 Å². The van der Waals surface area contributed by atoms with Crippen LogP contribution in [0.5, 0.6) is 0 Å². The first-order valence-electron chi connectivity index (χ1n) is 6.91. The van der Waals surface area contributed by atoms with E-state index < -0.39 is 0 Å². The van der Waals surface area contributed by atoms with Gasteiger partial charge in [-0.15, -0.1) is 0 Å². The van der Waals surface area contributed by atoms with Crippen LogP contribution in [0.15, 0.2) is 64.4 Å². The number of benzene rings is 1. The monoisotopic (exact) mass is 359 g/mol.